The van der Waals surface area contributed by atoms with E-state index in [1.165, 1.54) is 35.8 Å². The molecule has 0 atom stereocenters. The van der Waals surface area contributed by atoms with Crippen LogP contribution in [-0.2, 0) is 13.0 Å². The van der Waals surface area contributed by atoms with Crippen molar-refractivity contribution in [1.82, 2.24) is 9.78 Å². The summed E-state index contributed by atoms with van der Waals surface area (Å²) in [4.78, 5) is 0. The number of aromatic nitrogens is 2. The summed E-state index contributed by atoms with van der Waals surface area (Å²) in [7, 11) is 0. The first-order valence-corrected chi connectivity index (χ1v) is 10.4. The first kappa shape index (κ1) is 17.0. The molecule has 1 aromatic heterocycles. The highest BCUT2D eigenvalue weighted by Gasteiger charge is 2.40. The van der Waals surface area contributed by atoms with E-state index in [2.05, 4.69) is 71.4 Å². The molecular weight excluding hydrogens is 448 g/mol. The maximum absolute atomic E-state index is 4.65. The van der Waals surface area contributed by atoms with Gasteiger partial charge in [0, 0.05) is 17.2 Å². The van der Waals surface area contributed by atoms with Crippen molar-refractivity contribution in [1.29, 1.82) is 0 Å². The SMILES string of the molecule is CCn1nc(C)c(Br)c1CC(CBr)(CBr)C1CCCC1. The Labute approximate surface area is 147 Å². The molecule has 2 rings (SSSR count). The van der Waals surface area contributed by atoms with E-state index in [0.29, 0.717) is 5.41 Å². The first-order chi connectivity index (χ1) is 9.57. The summed E-state index contributed by atoms with van der Waals surface area (Å²) in [6.45, 7) is 5.19. The Kier molecular flexibility index (Phi) is 6.19. The normalized spacial score (nSPS) is 17.1. The fourth-order valence-electron chi connectivity index (χ4n) is 3.40. The maximum atomic E-state index is 4.65. The third-order valence-electron chi connectivity index (χ3n) is 4.73. The second kappa shape index (κ2) is 7.28. The zero-order chi connectivity index (χ0) is 14.8. The van der Waals surface area contributed by atoms with Crippen molar-refractivity contribution in [2.24, 2.45) is 11.3 Å². The number of nitrogens with zero attached hydrogens (tertiary/aromatic N) is 2. The van der Waals surface area contributed by atoms with Crippen LogP contribution in [-0.4, -0.2) is 20.4 Å². The van der Waals surface area contributed by atoms with Crippen LogP contribution in [0.1, 0.15) is 44.0 Å². The highest BCUT2D eigenvalue weighted by molar-refractivity contribution is 9.10. The summed E-state index contributed by atoms with van der Waals surface area (Å²) >= 11 is 11.4. The van der Waals surface area contributed by atoms with E-state index in [1.807, 2.05) is 0 Å². The van der Waals surface area contributed by atoms with Crippen LogP contribution in [0.4, 0.5) is 0 Å². The predicted octanol–water partition coefficient (Wildman–Crippen LogP) is 5.48. The maximum Gasteiger partial charge on any atom is 0.0738 e. The third-order valence-corrected chi connectivity index (χ3v) is 7.99. The summed E-state index contributed by atoms with van der Waals surface area (Å²) < 4.78 is 3.36. The Morgan fingerprint density at radius 3 is 2.35 bits per heavy atom. The Morgan fingerprint density at radius 1 is 1.25 bits per heavy atom. The lowest BCUT2D eigenvalue weighted by Gasteiger charge is -2.36. The van der Waals surface area contributed by atoms with Crippen molar-refractivity contribution in [3.8, 4) is 0 Å². The zero-order valence-corrected chi connectivity index (χ0v) is 17.0. The molecule has 1 saturated carbocycles. The van der Waals surface area contributed by atoms with E-state index < -0.39 is 0 Å². The van der Waals surface area contributed by atoms with Crippen molar-refractivity contribution >= 4 is 47.8 Å². The molecule has 0 spiro atoms. The standard InChI is InChI=1S/C15H23Br3N2/c1-3-20-13(14(18)11(2)19-20)8-15(9-16,10-17)12-6-4-5-7-12/h12H,3-10H2,1-2H3. The second-order valence-corrected chi connectivity index (χ2v) is 7.86. The largest absolute Gasteiger partial charge is 0.268 e. The average Bonchev–Trinajstić information content (AvgIpc) is 3.08. The quantitative estimate of drug-likeness (QED) is 0.503. The first-order valence-electron chi connectivity index (χ1n) is 7.41. The van der Waals surface area contributed by atoms with E-state index in [9.17, 15) is 0 Å². The molecule has 1 aromatic rings. The lowest BCUT2D eigenvalue weighted by atomic mass is 9.74. The van der Waals surface area contributed by atoms with Crippen molar-refractivity contribution < 1.29 is 0 Å². The van der Waals surface area contributed by atoms with Crippen LogP contribution < -0.4 is 0 Å². The van der Waals surface area contributed by atoms with Crippen molar-refractivity contribution in [3.63, 3.8) is 0 Å². The van der Waals surface area contributed by atoms with Crippen LogP contribution in [0.15, 0.2) is 4.47 Å². The van der Waals surface area contributed by atoms with Gasteiger partial charge in [-0.1, -0.05) is 44.7 Å². The molecule has 0 unspecified atom stereocenters. The Hall–Kier alpha value is 0.650. The minimum Gasteiger partial charge on any atom is -0.268 e. The number of aryl methyl sites for hydroxylation is 2. The minimum atomic E-state index is 0.304. The average molecular weight is 471 g/mol. The number of halogens is 3. The van der Waals surface area contributed by atoms with Gasteiger partial charge in [-0.3, -0.25) is 4.68 Å². The molecule has 1 aliphatic carbocycles. The summed E-state index contributed by atoms with van der Waals surface area (Å²) in [5, 5.41) is 6.75. The molecule has 1 heterocycles. The summed E-state index contributed by atoms with van der Waals surface area (Å²) in [5.74, 6) is 0.814. The predicted molar refractivity (Wildman–Crippen MR) is 96.0 cm³/mol. The Balaban J connectivity index is 2.32. The molecule has 1 fully saturated rings. The van der Waals surface area contributed by atoms with Crippen LogP contribution in [0.3, 0.4) is 0 Å². The van der Waals surface area contributed by atoms with E-state index in [4.69, 9.17) is 0 Å². The molecule has 0 N–H and O–H groups in total. The van der Waals surface area contributed by atoms with Gasteiger partial charge in [-0.2, -0.15) is 5.10 Å². The van der Waals surface area contributed by atoms with Crippen molar-refractivity contribution in [2.75, 3.05) is 10.7 Å². The van der Waals surface area contributed by atoms with Gasteiger partial charge in [0.05, 0.1) is 15.9 Å². The fraction of sp³-hybridized carbons (Fsp3) is 0.800. The molecule has 0 aliphatic heterocycles. The van der Waals surface area contributed by atoms with Gasteiger partial charge in [-0.05, 0) is 60.4 Å². The lowest BCUT2D eigenvalue weighted by molar-refractivity contribution is 0.227. The topological polar surface area (TPSA) is 17.8 Å². The van der Waals surface area contributed by atoms with Gasteiger partial charge in [0.25, 0.3) is 0 Å². The number of rotatable bonds is 6. The van der Waals surface area contributed by atoms with Crippen LogP contribution in [0.2, 0.25) is 0 Å². The summed E-state index contributed by atoms with van der Waals surface area (Å²) in [5.41, 5.74) is 2.76. The molecule has 1 aliphatic rings. The monoisotopic (exact) mass is 468 g/mol. The van der Waals surface area contributed by atoms with E-state index >= 15 is 0 Å². The molecule has 0 aromatic carbocycles. The highest BCUT2D eigenvalue weighted by Crippen LogP contribution is 2.45. The van der Waals surface area contributed by atoms with Gasteiger partial charge in [0.1, 0.15) is 0 Å². The second-order valence-electron chi connectivity index (χ2n) is 5.95. The van der Waals surface area contributed by atoms with Crippen LogP contribution >= 0.6 is 47.8 Å². The molecule has 114 valence electrons. The lowest BCUT2D eigenvalue weighted by Crippen LogP contribution is -2.36. The van der Waals surface area contributed by atoms with E-state index in [1.54, 1.807) is 0 Å². The fourth-order valence-corrected chi connectivity index (χ4v) is 6.07. The van der Waals surface area contributed by atoms with Crippen LogP contribution in [0.5, 0.6) is 0 Å². The molecule has 0 bridgehead atoms. The van der Waals surface area contributed by atoms with Gasteiger partial charge >= 0.3 is 0 Å². The number of alkyl halides is 2. The Morgan fingerprint density at radius 2 is 1.85 bits per heavy atom. The van der Waals surface area contributed by atoms with Crippen molar-refractivity contribution in [3.05, 3.63) is 15.9 Å². The highest BCUT2D eigenvalue weighted by atomic mass is 79.9. The smallest absolute Gasteiger partial charge is 0.0738 e. The number of hydrogen-bond acceptors (Lipinski definition) is 1. The molecule has 0 saturated heterocycles. The summed E-state index contributed by atoms with van der Waals surface area (Å²) in [6.07, 6.45) is 6.60. The molecule has 0 amide bonds. The van der Waals surface area contributed by atoms with Gasteiger partial charge in [-0.15, -0.1) is 0 Å². The molecule has 0 radical (unpaired) electrons. The molecular formula is C15H23Br3N2. The summed E-state index contributed by atoms with van der Waals surface area (Å²) in [6, 6.07) is 0. The van der Waals surface area contributed by atoms with Gasteiger partial charge in [0.2, 0.25) is 0 Å². The van der Waals surface area contributed by atoms with Gasteiger partial charge in [0.15, 0.2) is 0 Å². The molecule has 20 heavy (non-hydrogen) atoms. The van der Waals surface area contributed by atoms with Crippen LogP contribution in [0.25, 0.3) is 0 Å². The minimum absolute atomic E-state index is 0.304. The van der Waals surface area contributed by atoms with Gasteiger partial charge in [-0.25, -0.2) is 0 Å². The zero-order valence-electron chi connectivity index (χ0n) is 12.3. The van der Waals surface area contributed by atoms with Crippen molar-refractivity contribution in [2.45, 2.75) is 52.5 Å². The van der Waals surface area contributed by atoms with Crippen LogP contribution in [0, 0.1) is 18.3 Å². The van der Waals surface area contributed by atoms with E-state index in [0.717, 1.165) is 35.2 Å². The number of hydrogen-bond donors (Lipinski definition) is 0. The van der Waals surface area contributed by atoms with E-state index in [-0.39, 0.29) is 0 Å². The molecule has 2 nitrogen and oxygen atoms in total. The van der Waals surface area contributed by atoms with Gasteiger partial charge < -0.3 is 0 Å². The Bertz CT molecular complexity index is 446. The third kappa shape index (κ3) is 3.19. The molecule has 5 heteroatoms.